The molecule has 1 unspecified atom stereocenters. The van der Waals surface area contributed by atoms with Gasteiger partial charge >= 0.3 is 18.0 Å². The van der Waals surface area contributed by atoms with Gasteiger partial charge in [0.15, 0.2) is 0 Å². The van der Waals surface area contributed by atoms with Crippen molar-refractivity contribution >= 4 is 35.3 Å². The Morgan fingerprint density at radius 2 is 1.67 bits per heavy atom. The monoisotopic (exact) mass is 589 g/mol. The smallest absolute Gasteiger partial charge is 0.337 e. The highest BCUT2D eigenvalue weighted by Crippen LogP contribution is 2.29. The maximum absolute atomic E-state index is 13.5. The number of nitrogens with zero attached hydrogens (tertiary/aromatic N) is 1. The van der Waals surface area contributed by atoms with Crippen LogP contribution in [0.3, 0.4) is 0 Å². The first-order valence-electron chi connectivity index (χ1n) is 13.8. The lowest BCUT2D eigenvalue weighted by molar-refractivity contribution is -0.172. The van der Waals surface area contributed by atoms with Crippen LogP contribution in [0.2, 0.25) is 0 Å². The molecular weight excluding hydrogens is 554 g/mol. The van der Waals surface area contributed by atoms with Crippen LogP contribution >= 0.6 is 0 Å². The highest BCUT2D eigenvalue weighted by atomic mass is 16.7. The van der Waals surface area contributed by atoms with Crippen molar-refractivity contribution in [3.05, 3.63) is 83.4 Å². The minimum absolute atomic E-state index is 0.0587. The molecule has 1 aliphatic heterocycles. The summed E-state index contributed by atoms with van der Waals surface area (Å²) in [6.45, 7) is 3.65. The summed E-state index contributed by atoms with van der Waals surface area (Å²) in [4.78, 5) is 51.4. The average Bonchev–Trinajstić information content (AvgIpc) is 3.49. The Kier molecular flexibility index (Phi) is 10.2. The summed E-state index contributed by atoms with van der Waals surface area (Å²) in [5.41, 5.74) is 3.10. The topological polar surface area (TPSA) is 132 Å². The van der Waals surface area contributed by atoms with Gasteiger partial charge in [0.25, 0.3) is 6.29 Å². The van der Waals surface area contributed by atoms with Crippen molar-refractivity contribution in [3.8, 4) is 11.5 Å². The number of carbonyl (C=O) groups is 4. The van der Waals surface area contributed by atoms with E-state index in [9.17, 15) is 19.2 Å². The first-order valence-corrected chi connectivity index (χ1v) is 13.8. The van der Waals surface area contributed by atoms with Crippen molar-refractivity contribution in [3.63, 3.8) is 0 Å². The van der Waals surface area contributed by atoms with Crippen LogP contribution in [-0.4, -0.2) is 61.9 Å². The van der Waals surface area contributed by atoms with E-state index in [1.165, 1.54) is 21.1 Å². The van der Waals surface area contributed by atoms with Crippen molar-refractivity contribution in [2.75, 3.05) is 31.4 Å². The molecule has 0 spiro atoms. The van der Waals surface area contributed by atoms with Crippen molar-refractivity contribution in [2.24, 2.45) is 0 Å². The first-order chi connectivity index (χ1) is 20.7. The number of esters is 2. The predicted molar refractivity (Wildman–Crippen MR) is 159 cm³/mol. The molecule has 1 heterocycles. The molecule has 43 heavy (non-hydrogen) atoms. The molecule has 3 aromatic rings. The quantitative estimate of drug-likeness (QED) is 0.251. The maximum atomic E-state index is 13.5. The van der Waals surface area contributed by atoms with Gasteiger partial charge in [-0.25, -0.2) is 9.59 Å². The van der Waals surface area contributed by atoms with Gasteiger partial charge in [0, 0.05) is 19.2 Å². The molecule has 0 radical (unpaired) electrons. The molecule has 1 fully saturated rings. The van der Waals surface area contributed by atoms with Crippen LogP contribution in [0, 0.1) is 6.92 Å². The van der Waals surface area contributed by atoms with Crippen molar-refractivity contribution in [2.45, 2.75) is 45.4 Å². The zero-order valence-corrected chi connectivity index (χ0v) is 24.5. The molecule has 0 aliphatic carbocycles. The standard InChI is InChI=1S/C32H35N3O8/c1-20-8-5-6-9-25(20)33-32(39)34-26-16-11-22(18-28(26)40-3)19-29(37)35-17-7-10-27(35)31(42-21(2)36)43-24-14-12-23(13-15-24)30(38)41-4/h5-6,8-9,11-16,18,27,31H,7,10,17,19H2,1-4H3,(H2,33,34,39)/t27-,31?/m0/s1. The van der Waals surface area contributed by atoms with Crippen LogP contribution in [0.4, 0.5) is 16.2 Å². The van der Waals surface area contributed by atoms with Gasteiger partial charge in [-0.2, -0.15) is 0 Å². The Morgan fingerprint density at radius 1 is 0.953 bits per heavy atom. The summed E-state index contributed by atoms with van der Waals surface area (Å²) in [7, 11) is 2.78. The molecule has 0 bridgehead atoms. The largest absolute Gasteiger partial charge is 0.495 e. The minimum atomic E-state index is -1.04. The molecule has 1 saturated heterocycles. The normalized spacial score (nSPS) is 14.8. The van der Waals surface area contributed by atoms with Gasteiger partial charge in [0.2, 0.25) is 5.91 Å². The number of rotatable bonds is 10. The summed E-state index contributed by atoms with van der Waals surface area (Å²) in [5, 5.41) is 5.60. The Labute approximate surface area is 250 Å². The van der Waals surface area contributed by atoms with Crippen molar-refractivity contribution < 1.29 is 38.1 Å². The number of nitrogens with one attached hydrogen (secondary N) is 2. The molecule has 0 saturated carbocycles. The average molecular weight is 590 g/mol. The summed E-state index contributed by atoms with van der Waals surface area (Å²) in [6, 6.07) is 17.9. The number of anilines is 2. The minimum Gasteiger partial charge on any atom is -0.495 e. The molecular formula is C32H35N3O8. The van der Waals surface area contributed by atoms with E-state index in [2.05, 4.69) is 10.6 Å². The summed E-state index contributed by atoms with van der Waals surface area (Å²) in [5.74, 6) is -0.432. The first kappa shape index (κ1) is 30.9. The lowest BCUT2D eigenvalue weighted by Crippen LogP contribution is -2.47. The van der Waals surface area contributed by atoms with Crippen LogP contribution in [0.1, 0.15) is 41.3 Å². The van der Waals surface area contributed by atoms with E-state index in [1.807, 2.05) is 31.2 Å². The molecule has 3 aromatic carbocycles. The number of urea groups is 1. The number of methoxy groups -OCH3 is 2. The number of hydrogen-bond donors (Lipinski definition) is 2. The molecule has 2 N–H and O–H groups in total. The second-order valence-electron chi connectivity index (χ2n) is 10.0. The highest BCUT2D eigenvalue weighted by molar-refractivity contribution is 6.01. The number of likely N-dealkylation sites (tertiary alicyclic amines) is 1. The SMILES string of the molecule is COC(=O)c1ccc(OC(OC(C)=O)[C@@H]2CCCN2C(=O)Cc2ccc(NC(=O)Nc3ccccc3C)c(OC)c2)cc1. The summed E-state index contributed by atoms with van der Waals surface area (Å²) >= 11 is 0. The van der Waals surface area contributed by atoms with Gasteiger partial charge in [-0.15, -0.1) is 0 Å². The van der Waals surface area contributed by atoms with Crippen LogP contribution in [-0.2, 0) is 25.5 Å². The predicted octanol–water partition coefficient (Wildman–Crippen LogP) is 4.94. The molecule has 11 heteroatoms. The molecule has 11 nitrogen and oxygen atoms in total. The number of benzene rings is 3. The molecule has 1 aliphatic rings. The molecule has 4 rings (SSSR count). The fourth-order valence-electron chi connectivity index (χ4n) is 4.87. The number of amides is 3. The zero-order chi connectivity index (χ0) is 30.9. The summed E-state index contributed by atoms with van der Waals surface area (Å²) in [6.07, 6.45) is 0.303. The maximum Gasteiger partial charge on any atom is 0.337 e. The number of para-hydroxylation sites is 1. The Morgan fingerprint density at radius 3 is 2.35 bits per heavy atom. The Hall–Kier alpha value is -5.06. The van der Waals surface area contributed by atoms with Crippen LogP contribution in [0.15, 0.2) is 66.7 Å². The molecule has 3 amide bonds. The lowest BCUT2D eigenvalue weighted by atomic mass is 10.1. The fourth-order valence-corrected chi connectivity index (χ4v) is 4.87. The van der Waals surface area contributed by atoms with Gasteiger partial charge in [-0.05, 0) is 73.4 Å². The van der Waals surface area contributed by atoms with E-state index in [4.69, 9.17) is 18.9 Å². The van der Waals surface area contributed by atoms with Gasteiger partial charge in [-0.3, -0.25) is 9.59 Å². The van der Waals surface area contributed by atoms with Gasteiger partial charge < -0.3 is 34.5 Å². The summed E-state index contributed by atoms with van der Waals surface area (Å²) < 4.78 is 21.7. The molecule has 226 valence electrons. The van der Waals surface area contributed by atoms with Crippen LogP contribution < -0.4 is 20.1 Å². The number of carbonyl (C=O) groups excluding carboxylic acids is 4. The number of aryl methyl sites for hydroxylation is 1. The number of hydrogen-bond acceptors (Lipinski definition) is 8. The zero-order valence-electron chi connectivity index (χ0n) is 24.5. The number of ether oxygens (including phenoxy) is 4. The van der Waals surface area contributed by atoms with E-state index in [-0.39, 0.29) is 12.3 Å². The Balaban J connectivity index is 1.43. The second kappa shape index (κ2) is 14.2. The lowest BCUT2D eigenvalue weighted by Gasteiger charge is -2.31. The fraction of sp³-hybridized carbons (Fsp3) is 0.312. The third kappa shape index (κ3) is 8.03. The highest BCUT2D eigenvalue weighted by Gasteiger charge is 2.38. The van der Waals surface area contributed by atoms with Crippen LogP contribution in [0.25, 0.3) is 0 Å². The van der Waals surface area contributed by atoms with E-state index in [1.54, 1.807) is 47.4 Å². The molecule has 0 aromatic heterocycles. The van der Waals surface area contributed by atoms with Crippen LogP contribution in [0.5, 0.6) is 11.5 Å². The van der Waals surface area contributed by atoms with Crippen molar-refractivity contribution in [1.29, 1.82) is 0 Å². The Bertz CT molecular complexity index is 1470. The third-order valence-corrected chi connectivity index (χ3v) is 7.01. The van der Waals surface area contributed by atoms with E-state index in [0.717, 1.165) is 5.56 Å². The van der Waals surface area contributed by atoms with Gasteiger partial charge in [0.1, 0.15) is 17.5 Å². The van der Waals surface area contributed by atoms with Gasteiger partial charge in [-0.1, -0.05) is 24.3 Å². The third-order valence-electron chi connectivity index (χ3n) is 7.01. The second-order valence-corrected chi connectivity index (χ2v) is 10.0. The van der Waals surface area contributed by atoms with E-state index >= 15 is 0 Å². The van der Waals surface area contributed by atoms with Crippen molar-refractivity contribution in [1.82, 2.24) is 4.90 Å². The molecule has 2 atom stereocenters. The van der Waals surface area contributed by atoms with Gasteiger partial charge in [0.05, 0.1) is 31.9 Å². The van der Waals surface area contributed by atoms with E-state index < -0.39 is 30.3 Å². The van der Waals surface area contributed by atoms with E-state index in [0.29, 0.717) is 53.4 Å².